The van der Waals surface area contributed by atoms with Crippen molar-refractivity contribution in [2.24, 2.45) is 0 Å². The summed E-state index contributed by atoms with van der Waals surface area (Å²) in [5.41, 5.74) is 1.38. The summed E-state index contributed by atoms with van der Waals surface area (Å²) in [4.78, 5) is 36.1. The number of carboxylic acid groups (broad SMARTS) is 1. The number of pyridine rings is 1. The predicted octanol–water partition coefficient (Wildman–Crippen LogP) is 3.41. The molecule has 0 bridgehead atoms. The van der Waals surface area contributed by atoms with Gasteiger partial charge in [-0.15, -0.1) is 0 Å². The summed E-state index contributed by atoms with van der Waals surface area (Å²) in [5, 5.41) is 12.5. The summed E-state index contributed by atoms with van der Waals surface area (Å²) in [7, 11) is 0. The van der Waals surface area contributed by atoms with E-state index >= 15 is 0 Å². The number of rotatable bonds is 4. The van der Waals surface area contributed by atoms with Gasteiger partial charge >= 0.3 is 5.97 Å². The smallest absolute Gasteiger partial charge is 0.336 e. The fourth-order valence-corrected chi connectivity index (χ4v) is 2.99. The van der Waals surface area contributed by atoms with Crippen molar-refractivity contribution >= 4 is 44.4 Å². The zero-order valence-electron chi connectivity index (χ0n) is 13.8. The summed E-state index contributed by atoms with van der Waals surface area (Å²) >= 11 is 3.40. The molecular formula is C19H15BrN2O4. The number of hydrogen-bond donors (Lipinski definition) is 2. The Kier molecular flexibility index (Phi) is 4.90. The fourth-order valence-electron chi connectivity index (χ4n) is 2.74. The van der Waals surface area contributed by atoms with Crippen molar-refractivity contribution in [3.63, 3.8) is 0 Å². The first-order valence-electron chi connectivity index (χ1n) is 7.78. The van der Waals surface area contributed by atoms with Crippen LogP contribution >= 0.6 is 15.9 Å². The second-order valence-corrected chi connectivity index (χ2v) is 6.67. The summed E-state index contributed by atoms with van der Waals surface area (Å²) < 4.78 is 2.20. The van der Waals surface area contributed by atoms with Gasteiger partial charge < -0.3 is 10.4 Å². The fraction of sp³-hybridized carbons (Fsp3) is 0.105. The van der Waals surface area contributed by atoms with Crippen LogP contribution in [0, 0.1) is 6.92 Å². The molecule has 0 aliphatic rings. The largest absolute Gasteiger partial charge is 0.478 e. The second-order valence-electron chi connectivity index (χ2n) is 5.82. The minimum absolute atomic E-state index is 0.0780. The number of nitrogens with one attached hydrogen (secondary N) is 1. The molecule has 0 spiro atoms. The molecule has 1 aromatic heterocycles. The molecule has 1 amide bonds. The number of para-hydroxylation sites is 1. The first kappa shape index (κ1) is 17.9. The van der Waals surface area contributed by atoms with Gasteiger partial charge in [0, 0.05) is 21.6 Å². The first-order chi connectivity index (χ1) is 12.4. The zero-order valence-corrected chi connectivity index (χ0v) is 15.4. The second kappa shape index (κ2) is 7.13. The van der Waals surface area contributed by atoms with Gasteiger partial charge in [0.1, 0.15) is 6.54 Å². The molecule has 2 N–H and O–H groups in total. The van der Waals surface area contributed by atoms with Crippen LogP contribution in [-0.4, -0.2) is 21.6 Å². The van der Waals surface area contributed by atoms with E-state index < -0.39 is 11.5 Å². The highest BCUT2D eigenvalue weighted by Crippen LogP contribution is 2.20. The average Bonchev–Trinajstić information content (AvgIpc) is 2.60. The third-order valence-electron chi connectivity index (χ3n) is 3.99. The van der Waals surface area contributed by atoms with Crippen LogP contribution in [-0.2, 0) is 11.3 Å². The number of benzene rings is 2. The highest BCUT2D eigenvalue weighted by molar-refractivity contribution is 9.10. The van der Waals surface area contributed by atoms with E-state index in [0.717, 1.165) is 16.1 Å². The standard InChI is InChI=1S/C19H15BrN2O4/c1-11-8-12(6-7-15(11)20)21-17(23)10-22-16-5-3-2-4-13(16)14(19(25)26)9-18(22)24/h2-9H,10H2,1H3,(H,21,23)(H,25,26). The topological polar surface area (TPSA) is 88.4 Å². The van der Waals surface area contributed by atoms with Crippen LogP contribution in [0.1, 0.15) is 15.9 Å². The molecule has 0 fully saturated rings. The van der Waals surface area contributed by atoms with E-state index in [4.69, 9.17) is 0 Å². The molecule has 0 radical (unpaired) electrons. The Labute approximate surface area is 157 Å². The Morgan fingerprint density at radius 3 is 2.58 bits per heavy atom. The van der Waals surface area contributed by atoms with E-state index in [2.05, 4.69) is 21.2 Å². The van der Waals surface area contributed by atoms with Crippen LogP contribution in [0.25, 0.3) is 10.9 Å². The Bertz CT molecular complexity index is 1090. The van der Waals surface area contributed by atoms with Crippen LogP contribution in [0.4, 0.5) is 5.69 Å². The molecular weight excluding hydrogens is 400 g/mol. The van der Waals surface area contributed by atoms with Crippen LogP contribution in [0.2, 0.25) is 0 Å². The van der Waals surface area contributed by atoms with Crippen LogP contribution in [0.15, 0.2) is 57.8 Å². The Hall–Kier alpha value is -2.93. The number of carboxylic acids is 1. The zero-order chi connectivity index (χ0) is 18.8. The van der Waals surface area contributed by atoms with Gasteiger partial charge in [-0.1, -0.05) is 34.1 Å². The molecule has 3 rings (SSSR count). The van der Waals surface area contributed by atoms with Gasteiger partial charge in [-0.25, -0.2) is 4.79 Å². The first-order valence-corrected chi connectivity index (χ1v) is 8.58. The highest BCUT2D eigenvalue weighted by Gasteiger charge is 2.15. The highest BCUT2D eigenvalue weighted by atomic mass is 79.9. The van der Waals surface area contributed by atoms with Gasteiger partial charge in [-0.3, -0.25) is 14.2 Å². The Morgan fingerprint density at radius 2 is 1.88 bits per heavy atom. The van der Waals surface area contributed by atoms with E-state index in [-0.39, 0.29) is 18.0 Å². The number of carbonyl (C=O) groups excluding carboxylic acids is 1. The molecule has 3 aromatic rings. The average molecular weight is 415 g/mol. The van der Waals surface area contributed by atoms with Crippen LogP contribution in [0.5, 0.6) is 0 Å². The maximum Gasteiger partial charge on any atom is 0.336 e. The molecule has 1 heterocycles. The van der Waals surface area contributed by atoms with E-state index in [1.165, 1.54) is 4.57 Å². The van der Waals surface area contributed by atoms with E-state index in [1.54, 1.807) is 30.3 Å². The lowest BCUT2D eigenvalue weighted by molar-refractivity contribution is -0.116. The number of aromatic nitrogens is 1. The quantitative estimate of drug-likeness (QED) is 0.684. The molecule has 26 heavy (non-hydrogen) atoms. The number of fused-ring (bicyclic) bond motifs is 1. The number of carbonyl (C=O) groups is 2. The molecule has 0 saturated carbocycles. The van der Waals surface area contributed by atoms with Gasteiger partial charge in [0.25, 0.3) is 5.56 Å². The molecule has 132 valence electrons. The van der Waals surface area contributed by atoms with Gasteiger partial charge in [0.2, 0.25) is 5.91 Å². The number of aryl methyl sites for hydroxylation is 1. The summed E-state index contributed by atoms with van der Waals surface area (Å²) in [6.45, 7) is 1.69. The third kappa shape index (κ3) is 3.52. The van der Waals surface area contributed by atoms with Crippen molar-refractivity contribution in [3.05, 3.63) is 74.5 Å². The number of aromatic carboxylic acids is 1. The van der Waals surface area contributed by atoms with Gasteiger partial charge in [0.05, 0.1) is 11.1 Å². The van der Waals surface area contributed by atoms with Crippen molar-refractivity contribution in [3.8, 4) is 0 Å². The van der Waals surface area contributed by atoms with Crippen molar-refractivity contribution in [2.45, 2.75) is 13.5 Å². The van der Waals surface area contributed by atoms with Gasteiger partial charge in [-0.05, 0) is 36.8 Å². The van der Waals surface area contributed by atoms with Crippen molar-refractivity contribution in [1.82, 2.24) is 4.57 Å². The summed E-state index contributed by atoms with van der Waals surface area (Å²) in [6.07, 6.45) is 0. The number of nitrogens with zero attached hydrogens (tertiary/aromatic N) is 1. The van der Waals surface area contributed by atoms with Crippen LogP contribution in [0.3, 0.4) is 0 Å². The van der Waals surface area contributed by atoms with E-state index in [0.29, 0.717) is 16.6 Å². The number of amides is 1. The lowest BCUT2D eigenvalue weighted by atomic mass is 10.1. The van der Waals surface area contributed by atoms with Crippen LogP contribution < -0.4 is 10.9 Å². The van der Waals surface area contributed by atoms with E-state index in [9.17, 15) is 19.5 Å². The molecule has 0 unspecified atom stereocenters. The maximum absolute atomic E-state index is 12.4. The SMILES string of the molecule is Cc1cc(NC(=O)Cn2c(=O)cc(C(=O)O)c3ccccc32)ccc1Br. The molecule has 0 aliphatic heterocycles. The minimum atomic E-state index is -1.18. The molecule has 0 aliphatic carbocycles. The number of hydrogen-bond acceptors (Lipinski definition) is 3. The molecule has 6 nitrogen and oxygen atoms in total. The Morgan fingerprint density at radius 1 is 1.15 bits per heavy atom. The lowest BCUT2D eigenvalue weighted by Gasteiger charge is -2.12. The predicted molar refractivity (Wildman–Crippen MR) is 103 cm³/mol. The monoisotopic (exact) mass is 414 g/mol. The number of anilines is 1. The van der Waals surface area contributed by atoms with Gasteiger partial charge in [-0.2, -0.15) is 0 Å². The third-order valence-corrected chi connectivity index (χ3v) is 4.88. The molecule has 7 heteroatoms. The van der Waals surface area contributed by atoms with Crippen molar-refractivity contribution < 1.29 is 14.7 Å². The molecule has 0 atom stereocenters. The minimum Gasteiger partial charge on any atom is -0.478 e. The number of halogens is 1. The van der Waals surface area contributed by atoms with Gasteiger partial charge in [0.15, 0.2) is 0 Å². The summed E-state index contributed by atoms with van der Waals surface area (Å²) in [5.74, 6) is -1.55. The summed E-state index contributed by atoms with van der Waals surface area (Å²) in [6, 6.07) is 13.1. The normalized spacial score (nSPS) is 10.7. The van der Waals surface area contributed by atoms with E-state index in [1.807, 2.05) is 19.1 Å². The lowest BCUT2D eigenvalue weighted by Crippen LogP contribution is -2.28. The maximum atomic E-state index is 12.4. The molecule has 2 aromatic carbocycles. The van der Waals surface area contributed by atoms with Crippen molar-refractivity contribution in [1.29, 1.82) is 0 Å². The molecule has 0 saturated heterocycles. The Balaban J connectivity index is 1.96. The van der Waals surface area contributed by atoms with Crippen molar-refractivity contribution in [2.75, 3.05) is 5.32 Å².